The molecule has 0 radical (unpaired) electrons. The molecule has 174 valence electrons. The fraction of sp³-hybridized carbons (Fsp3) is 0.0909. The number of benzene rings is 3. The van der Waals surface area contributed by atoms with Gasteiger partial charge in [-0.15, -0.1) is 0 Å². The highest BCUT2D eigenvalue weighted by molar-refractivity contribution is 9.10. The molecule has 0 spiro atoms. The Hall–Kier alpha value is -4.32. The van der Waals surface area contributed by atoms with Gasteiger partial charge in [-0.3, -0.25) is 25.0 Å². The van der Waals surface area contributed by atoms with Gasteiger partial charge in [0.05, 0.1) is 27.6 Å². The molecule has 0 saturated carbocycles. The SMILES string of the molecule is COc1cc(/C=N\NC(=O)c2ccc([N+](=O)[O-])cc2)cc(Br)c1OCc1ccc([N+](=O)[O-])cc1. The number of rotatable bonds is 9. The molecule has 0 fully saturated rings. The van der Waals surface area contributed by atoms with E-state index in [2.05, 4.69) is 26.5 Å². The molecule has 0 aliphatic carbocycles. The molecule has 0 unspecified atom stereocenters. The minimum absolute atomic E-state index is 0.00757. The Labute approximate surface area is 201 Å². The fourth-order valence-corrected chi connectivity index (χ4v) is 3.36. The molecule has 3 aromatic rings. The number of hydrogen-bond donors (Lipinski definition) is 1. The van der Waals surface area contributed by atoms with Gasteiger partial charge in [-0.2, -0.15) is 5.10 Å². The lowest BCUT2D eigenvalue weighted by atomic mass is 10.2. The average Bonchev–Trinajstić information content (AvgIpc) is 2.83. The molecule has 0 saturated heterocycles. The maximum atomic E-state index is 12.2. The Bertz CT molecular complexity index is 1250. The molecule has 11 nitrogen and oxygen atoms in total. The molecular formula is C22H17BrN4O7. The Morgan fingerprint density at radius 3 is 2.18 bits per heavy atom. The van der Waals surface area contributed by atoms with Gasteiger partial charge in [0.15, 0.2) is 11.5 Å². The molecule has 0 aromatic heterocycles. The van der Waals surface area contributed by atoms with E-state index in [0.29, 0.717) is 21.5 Å². The van der Waals surface area contributed by atoms with Gasteiger partial charge < -0.3 is 9.47 Å². The van der Waals surface area contributed by atoms with Crippen molar-refractivity contribution in [3.63, 3.8) is 0 Å². The first-order valence-corrected chi connectivity index (χ1v) is 10.4. The number of nitrogens with zero attached hydrogens (tertiary/aromatic N) is 3. The lowest BCUT2D eigenvalue weighted by Gasteiger charge is -2.13. The van der Waals surface area contributed by atoms with Crippen molar-refractivity contribution in [1.29, 1.82) is 0 Å². The lowest BCUT2D eigenvalue weighted by Crippen LogP contribution is -2.17. The Morgan fingerprint density at radius 1 is 1.03 bits per heavy atom. The van der Waals surface area contributed by atoms with E-state index in [-0.39, 0.29) is 23.5 Å². The van der Waals surface area contributed by atoms with E-state index in [1.807, 2.05) is 0 Å². The van der Waals surface area contributed by atoms with Crippen LogP contribution in [-0.2, 0) is 6.61 Å². The maximum Gasteiger partial charge on any atom is 0.271 e. The van der Waals surface area contributed by atoms with Crippen molar-refractivity contribution in [3.05, 3.63) is 102 Å². The van der Waals surface area contributed by atoms with Crippen molar-refractivity contribution in [3.8, 4) is 11.5 Å². The quantitative estimate of drug-likeness (QED) is 0.242. The van der Waals surface area contributed by atoms with Crippen LogP contribution in [0.15, 0.2) is 70.2 Å². The number of hydrogen-bond acceptors (Lipinski definition) is 8. The maximum absolute atomic E-state index is 12.2. The van der Waals surface area contributed by atoms with Crippen molar-refractivity contribution in [2.75, 3.05) is 7.11 Å². The molecule has 0 heterocycles. The zero-order valence-electron chi connectivity index (χ0n) is 17.6. The van der Waals surface area contributed by atoms with Crippen LogP contribution in [0.2, 0.25) is 0 Å². The minimum atomic E-state index is -0.551. The Balaban J connectivity index is 1.66. The number of nitrogens with one attached hydrogen (secondary N) is 1. The summed E-state index contributed by atoms with van der Waals surface area (Å²) < 4.78 is 11.8. The molecular weight excluding hydrogens is 512 g/mol. The van der Waals surface area contributed by atoms with E-state index in [1.165, 1.54) is 49.7 Å². The molecule has 34 heavy (non-hydrogen) atoms. The van der Waals surface area contributed by atoms with Crippen LogP contribution in [0.1, 0.15) is 21.5 Å². The third-order valence-corrected chi connectivity index (χ3v) is 5.09. The molecule has 0 aliphatic rings. The highest BCUT2D eigenvalue weighted by Crippen LogP contribution is 2.37. The number of carbonyl (C=O) groups is 1. The summed E-state index contributed by atoms with van der Waals surface area (Å²) in [5.74, 6) is 0.299. The topological polar surface area (TPSA) is 146 Å². The summed E-state index contributed by atoms with van der Waals surface area (Å²) >= 11 is 3.42. The molecule has 1 amide bonds. The lowest BCUT2D eigenvalue weighted by molar-refractivity contribution is -0.385. The van der Waals surface area contributed by atoms with Crippen LogP contribution in [0.25, 0.3) is 0 Å². The standard InChI is InChI=1S/C22H17BrN4O7/c1-33-20-11-15(12-24-25-22(28)16-4-8-18(9-5-16)27(31)32)10-19(23)21(20)34-13-14-2-6-17(7-3-14)26(29)30/h2-12H,13H2,1H3,(H,25,28)/b24-12-. The highest BCUT2D eigenvalue weighted by Gasteiger charge is 2.13. The predicted molar refractivity (Wildman–Crippen MR) is 126 cm³/mol. The predicted octanol–water partition coefficient (Wildman–Crippen LogP) is 4.62. The van der Waals surface area contributed by atoms with Crippen LogP contribution in [0, 0.1) is 20.2 Å². The van der Waals surface area contributed by atoms with Crippen molar-refractivity contribution in [2.45, 2.75) is 6.61 Å². The summed E-state index contributed by atoms with van der Waals surface area (Å²) in [6, 6.07) is 14.5. The normalized spacial score (nSPS) is 10.6. The molecule has 1 N–H and O–H groups in total. The van der Waals surface area contributed by atoms with Crippen molar-refractivity contribution in [2.24, 2.45) is 5.10 Å². The van der Waals surface area contributed by atoms with Crippen LogP contribution < -0.4 is 14.9 Å². The van der Waals surface area contributed by atoms with Crippen molar-refractivity contribution < 1.29 is 24.1 Å². The van der Waals surface area contributed by atoms with Crippen LogP contribution in [0.5, 0.6) is 11.5 Å². The number of hydrazone groups is 1. The van der Waals surface area contributed by atoms with E-state index in [1.54, 1.807) is 24.3 Å². The van der Waals surface area contributed by atoms with Crippen LogP contribution in [-0.4, -0.2) is 29.1 Å². The second-order valence-corrected chi connectivity index (χ2v) is 7.60. The Kier molecular flexibility index (Phi) is 7.88. The van der Waals surface area contributed by atoms with E-state index in [9.17, 15) is 25.0 Å². The number of carbonyl (C=O) groups excluding carboxylic acids is 1. The van der Waals surface area contributed by atoms with E-state index in [4.69, 9.17) is 9.47 Å². The van der Waals surface area contributed by atoms with Crippen LogP contribution in [0.4, 0.5) is 11.4 Å². The van der Waals surface area contributed by atoms with E-state index < -0.39 is 15.8 Å². The highest BCUT2D eigenvalue weighted by atomic mass is 79.9. The smallest absolute Gasteiger partial charge is 0.271 e. The number of methoxy groups -OCH3 is 1. The molecule has 0 bridgehead atoms. The summed E-state index contributed by atoms with van der Waals surface area (Å²) in [5.41, 5.74) is 3.77. The molecule has 3 aromatic carbocycles. The fourth-order valence-electron chi connectivity index (χ4n) is 2.79. The van der Waals surface area contributed by atoms with E-state index >= 15 is 0 Å². The largest absolute Gasteiger partial charge is 0.493 e. The number of amides is 1. The molecule has 0 aliphatic heterocycles. The summed E-state index contributed by atoms with van der Waals surface area (Å²) in [6.07, 6.45) is 1.40. The zero-order valence-corrected chi connectivity index (χ0v) is 19.2. The minimum Gasteiger partial charge on any atom is -0.493 e. The summed E-state index contributed by atoms with van der Waals surface area (Å²) in [4.78, 5) is 32.6. The zero-order chi connectivity index (χ0) is 24.7. The third kappa shape index (κ3) is 6.13. The number of nitro benzene ring substituents is 2. The van der Waals surface area contributed by atoms with Crippen molar-refractivity contribution in [1.82, 2.24) is 5.43 Å². The number of nitro groups is 2. The van der Waals surface area contributed by atoms with Gasteiger partial charge in [0, 0.05) is 29.8 Å². The first-order chi connectivity index (χ1) is 16.3. The van der Waals surface area contributed by atoms with Crippen LogP contribution >= 0.6 is 15.9 Å². The second kappa shape index (κ2) is 11.0. The van der Waals surface area contributed by atoms with Gasteiger partial charge in [-0.1, -0.05) is 0 Å². The summed E-state index contributed by atoms with van der Waals surface area (Å²) in [6.45, 7) is 0.158. The molecule has 3 rings (SSSR count). The summed E-state index contributed by atoms with van der Waals surface area (Å²) in [5, 5.41) is 25.4. The van der Waals surface area contributed by atoms with Crippen LogP contribution in [0.3, 0.4) is 0 Å². The average molecular weight is 529 g/mol. The van der Waals surface area contributed by atoms with Gasteiger partial charge in [-0.25, -0.2) is 5.43 Å². The first-order valence-electron chi connectivity index (χ1n) is 9.60. The third-order valence-electron chi connectivity index (χ3n) is 4.50. The second-order valence-electron chi connectivity index (χ2n) is 6.75. The van der Waals surface area contributed by atoms with Crippen molar-refractivity contribution >= 4 is 39.4 Å². The number of halogens is 1. The van der Waals surface area contributed by atoms with Gasteiger partial charge in [0.1, 0.15) is 6.61 Å². The van der Waals surface area contributed by atoms with Gasteiger partial charge in [-0.05, 0) is 63.5 Å². The number of ether oxygens (including phenoxy) is 2. The monoisotopic (exact) mass is 528 g/mol. The summed E-state index contributed by atoms with van der Waals surface area (Å²) in [7, 11) is 1.47. The molecule has 12 heteroatoms. The number of non-ortho nitro benzene ring substituents is 2. The Morgan fingerprint density at radius 2 is 1.62 bits per heavy atom. The first kappa shape index (κ1) is 24.3. The van der Waals surface area contributed by atoms with Gasteiger partial charge in [0.25, 0.3) is 17.3 Å². The van der Waals surface area contributed by atoms with Gasteiger partial charge >= 0.3 is 0 Å². The molecule has 0 atom stereocenters. The van der Waals surface area contributed by atoms with E-state index in [0.717, 1.165) is 5.56 Å². The van der Waals surface area contributed by atoms with Gasteiger partial charge in [0.2, 0.25) is 0 Å².